The van der Waals surface area contributed by atoms with Crippen molar-refractivity contribution in [1.82, 2.24) is 4.98 Å². The van der Waals surface area contributed by atoms with E-state index in [1.807, 2.05) is 12.3 Å². The highest BCUT2D eigenvalue weighted by atomic mass is 35.5. The highest BCUT2D eigenvalue weighted by molar-refractivity contribution is 6.30. The molecule has 1 aromatic heterocycles. The molecule has 2 heteroatoms. The Hall–Kier alpha value is -1.60. The van der Waals surface area contributed by atoms with E-state index in [0.29, 0.717) is 0 Å². The van der Waals surface area contributed by atoms with Crippen LogP contribution in [0, 0.1) is 6.92 Å². The Morgan fingerprint density at radius 1 is 0.913 bits per heavy atom. The van der Waals surface area contributed by atoms with Crippen molar-refractivity contribution < 1.29 is 0 Å². The van der Waals surface area contributed by atoms with Gasteiger partial charge in [-0.1, -0.05) is 35.7 Å². The van der Waals surface area contributed by atoms with E-state index >= 15 is 0 Å². The summed E-state index contributed by atoms with van der Waals surface area (Å²) in [6, 6.07) is 8.71. The summed E-state index contributed by atoms with van der Waals surface area (Å²) in [5, 5.41) is 0.840. The lowest BCUT2D eigenvalue weighted by molar-refractivity contribution is 0.600. The number of aromatic nitrogens is 1. The summed E-state index contributed by atoms with van der Waals surface area (Å²) in [7, 11) is 0. The minimum absolute atomic E-state index is 0.840. The second-order valence-corrected chi connectivity index (χ2v) is 7.30. The number of aryl methyl sites for hydroxylation is 3. The topological polar surface area (TPSA) is 12.9 Å². The monoisotopic (exact) mass is 323 g/mol. The van der Waals surface area contributed by atoms with Crippen LogP contribution in [0.5, 0.6) is 0 Å². The number of rotatable bonds is 0. The van der Waals surface area contributed by atoms with Crippen LogP contribution in [0.1, 0.15) is 60.1 Å². The Balaban J connectivity index is 1.98. The average molecular weight is 324 g/mol. The zero-order chi connectivity index (χ0) is 15.8. The zero-order valence-electron chi connectivity index (χ0n) is 13.7. The van der Waals surface area contributed by atoms with Crippen molar-refractivity contribution in [2.24, 2.45) is 0 Å². The maximum atomic E-state index is 6.27. The minimum atomic E-state index is 0.840. The van der Waals surface area contributed by atoms with Gasteiger partial charge in [0.1, 0.15) is 0 Å². The smallest absolute Gasteiger partial charge is 0.0739 e. The van der Waals surface area contributed by atoms with E-state index in [1.165, 1.54) is 65.6 Å². The first-order valence-electron chi connectivity index (χ1n) is 8.69. The lowest BCUT2D eigenvalue weighted by atomic mass is 9.85. The zero-order valence-corrected chi connectivity index (χ0v) is 14.4. The predicted octanol–water partition coefficient (Wildman–Crippen LogP) is 5.91. The van der Waals surface area contributed by atoms with Crippen LogP contribution >= 0.6 is 11.6 Å². The van der Waals surface area contributed by atoms with Crippen LogP contribution in [0.25, 0.3) is 5.57 Å². The molecular formula is C21H22ClN. The van der Waals surface area contributed by atoms with Crippen LogP contribution in [0.4, 0.5) is 0 Å². The lowest BCUT2D eigenvalue weighted by Gasteiger charge is -2.21. The molecule has 1 heterocycles. The Bertz CT molecular complexity index is 725. The molecule has 0 radical (unpaired) electrons. The molecule has 0 saturated heterocycles. The summed E-state index contributed by atoms with van der Waals surface area (Å²) in [6.45, 7) is 2.13. The summed E-state index contributed by atoms with van der Waals surface area (Å²) in [5.41, 5.74) is 9.60. The standard InChI is InChI=1S/C21H22ClN/c1-14-11-17-8-7-16-12-18(22)9-10-19(16)20(21(17)23-13-14)15-5-3-2-4-6-15/h9-13H,2-8H2,1H3. The van der Waals surface area contributed by atoms with E-state index in [4.69, 9.17) is 16.6 Å². The molecular weight excluding hydrogens is 302 g/mol. The Kier molecular flexibility index (Phi) is 3.98. The third-order valence-electron chi connectivity index (χ3n) is 5.15. The third-order valence-corrected chi connectivity index (χ3v) is 5.39. The lowest BCUT2D eigenvalue weighted by Crippen LogP contribution is -2.04. The fraction of sp³-hybridized carbons (Fsp3) is 0.381. The van der Waals surface area contributed by atoms with Gasteiger partial charge in [0.15, 0.2) is 0 Å². The number of halogens is 1. The number of hydrogen-bond donors (Lipinski definition) is 0. The van der Waals surface area contributed by atoms with Gasteiger partial charge in [0.2, 0.25) is 0 Å². The summed E-state index contributed by atoms with van der Waals surface area (Å²) >= 11 is 6.27. The molecule has 118 valence electrons. The maximum absolute atomic E-state index is 6.27. The van der Waals surface area contributed by atoms with E-state index in [9.17, 15) is 0 Å². The van der Waals surface area contributed by atoms with Gasteiger partial charge < -0.3 is 0 Å². The molecule has 0 N–H and O–H groups in total. The summed E-state index contributed by atoms with van der Waals surface area (Å²) in [4.78, 5) is 4.87. The minimum Gasteiger partial charge on any atom is -0.256 e. The maximum Gasteiger partial charge on any atom is 0.0739 e. The normalized spacial score (nSPS) is 17.5. The van der Waals surface area contributed by atoms with Crippen molar-refractivity contribution in [3.63, 3.8) is 0 Å². The number of allylic oxidation sites excluding steroid dienone is 1. The SMILES string of the molecule is Cc1cnc2c(c1)CCc1cc(Cl)ccc1C2=C1CCCCC1. The van der Waals surface area contributed by atoms with Crippen molar-refractivity contribution >= 4 is 17.2 Å². The first-order chi connectivity index (χ1) is 11.2. The molecule has 2 aliphatic carbocycles. The first-order valence-corrected chi connectivity index (χ1v) is 9.07. The van der Waals surface area contributed by atoms with Gasteiger partial charge >= 0.3 is 0 Å². The summed E-state index contributed by atoms with van der Waals surface area (Å²) < 4.78 is 0. The second-order valence-electron chi connectivity index (χ2n) is 6.86. The predicted molar refractivity (Wildman–Crippen MR) is 96.9 cm³/mol. The Labute approximate surface area is 143 Å². The molecule has 0 aliphatic heterocycles. The van der Waals surface area contributed by atoms with Crippen LogP contribution in [-0.2, 0) is 12.8 Å². The number of hydrogen-bond acceptors (Lipinski definition) is 1. The van der Waals surface area contributed by atoms with Crippen LogP contribution in [0.3, 0.4) is 0 Å². The van der Waals surface area contributed by atoms with Gasteiger partial charge in [-0.25, -0.2) is 0 Å². The van der Waals surface area contributed by atoms with Gasteiger partial charge in [-0.05, 0) is 79.8 Å². The van der Waals surface area contributed by atoms with E-state index < -0.39 is 0 Å². The van der Waals surface area contributed by atoms with E-state index in [2.05, 4.69) is 25.1 Å². The molecule has 0 spiro atoms. The van der Waals surface area contributed by atoms with Gasteiger partial charge in [-0.15, -0.1) is 0 Å². The summed E-state index contributed by atoms with van der Waals surface area (Å²) in [6.07, 6.45) is 10.5. The number of pyridine rings is 1. The quantitative estimate of drug-likeness (QED) is 0.587. The summed E-state index contributed by atoms with van der Waals surface area (Å²) in [5.74, 6) is 0. The van der Waals surface area contributed by atoms with Crippen LogP contribution < -0.4 is 0 Å². The molecule has 2 aromatic rings. The third kappa shape index (κ3) is 2.83. The molecule has 1 nitrogen and oxygen atoms in total. The van der Waals surface area contributed by atoms with Crippen LogP contribution in [0.15, 0.2) is 36.0 Å². The van der Waals surface area contributed by atoms with Crippen molar-refractivity contribution in [2.45, 2.75) is 51.9 Å². The van der Waals surface area contributed by atoms with Gasteiger partial charge in [0, 0.05) is 16.8 Å². The largest absolute Gasteiger partial charge is 0.256 e. The molecule has 4 rings (SSSR count). The van der Waals surface area contributed by atoms with Gasteiger partial charge in [-0.3, -0.25) is 4.98 Å². The van der Waals surface area contributed by atoms with Crippen molar-refractivity contribution in [3.8, 4) is 0 Å². The Morgan fingerprint density at radius 3 is 2.52 bits per heavy atom. The van der Waals surface area contributed by atoms with Crippen LogP contribution in [-0.4, -0.2) is 4.98 Å². The number of benzene rings is 1. The van der Waals surface area contributed by atoms with E-state index in [-0.39, 0.29) is 0 Å². The molecule has 1 fully saturated rings. The molecule has 2 aliphatic rings. The van der Waals surface area contributed by atoms with Crippen molar-refractivity contribution in [3.05, 3.63) is 69.0 Å². The van der Waals surface area contributed by atoms with Crippen molar-refractivity contribution in [1.29, 1.82) is 0 Å². The van der Waals surface area contributed by atoms with E-state index in [1.54, 1.807) is 5.57 Å². The van der Waals surface area contributed by atoms with Gasteiger partial charge in [-0.2, -0.15) is 0 Å². The van der Waals surface area contributed by atoms with E-state index in [0.717, 1.165) is 17.9 Å². The number of fused-ring (bicyclic) bond motifs is 2. The number of nitrogens with zero attached hydrogens (tertiary/aromatic N) is 1. The molecule has 0 unspecified atom stereocenters. The second kappa shape index (κ2) is 6.13. The molecule has 0 bridgehead atoms. The molecule has 0 amide bonds. The highest BCUT2D eigenvalue weighted by Gasteiger charge is 2.23. The van der Waals surface area contributed by atoms with Crippen LogP contribution in [0.2, 0.25) is 5.02 Å². The van der Waals surface area contributed by atoms with Gasteiger partial charge in [0.25, 0.3) is 0 Å². The highest BCUT2D eigenvalue weighted by Crippen LogP contribution is 2.39. The molecule has 0 atom stereocenters. The van der Waals surface area contributed by atoms with Gasteiger partial charge in [0.05, 0.1) is 5.69 Å². The first kappa shape index (κ1) is 15.0. The van der Waals surface area contributed by atoms with Crippen molar-refractivity contribution in [2.75, 3.05) is 0 Å². The fourth-order valence-corrected chi connectivity index (χ4v) is 4.24. The average Bonchev–Trinajstić information content (AvgIpc) is 2.72. The molecule has 1 saturated carbocycles. The molecule has 23 heavy (non-hydrogen) atoms. The Morgan fingerprint density at radius 2 is 1.70 bits per heavy atom. The fourth-order valence-electron chi connectivity index (χ4n) is 4.04. The molecule has 1 aromatic carbocycles.